The second-order valence-corrected chi connectivity index (χ2v) is 3.26. The van der Waals surface area contributed by atoms with Crippen LogP contribution in [0.15, 0.2) is 23.3 Å². The highest BCUT2D eigenvalue weighted by Gasteiger charge is 2.23. The van der Waals surface area contributed by atoms with Crippen LogP contribution in [0.3, 0.4) is 0 Å². The number of rotatable bonds is 0. The van der Waals surface area contributed by atoms with Gasteiger partial charge in [-0.3, -0.25) is 0 Å². The topological polar surface area (TPSA) is 35.4 Å². The minimum Gasteiger partial charge on any atom is -0.600 e. The maximum atomic E-state index is 11.5. The van der Waals surface area contributed by atoms with Gasteiger partial charge in [-0.05, 0) is 12.1 Å². The Kier molecular flexibility index (Phi) is 1.48. The van der Waals surface area contributed by atoms with Crippen LogP contribution in [0.25, 0.3) is 0 Å². The molecule has 0 N–H and O–H groups in total. The van der Waals surface area contributed by atoms with E-state index in [4.69, 9.17) is 11.6 Å². The van der Waals surface area contributed by atoms with Crippen molar-refractivity contribution in [2.24, 2.45) is 5.10 Å². The maximum absolute atomic E-state index is 11.5. The highest BCUT2D eigenvalue weighted by Crippen LogP contribution is 2.31. The van der Waals surface area contributed by atoms with Crippen LogP contribution in [0.5, 0.6) is 0 Å². The molecule has 62 valence electrons. The van der Waals surface area contributed by atoms with E-state index in [1.54, 1.807) is 24.4 Å². The average Bonchev–Trinajstić information content (AvgIpc) is 2.27. The van der Waals surface area contributed by atoms with Crippen LogP contribution in [-0.2, 0) is 0 Å². The second-order valence-electron chi connectivity index (χ2n) is 2.83. The molecule has 0 fully saturated rings. The van der Waals surface area contributed by atoms with E-state index >= 15 is 0 Å². The molecule has 1 aliphatic heterocycles. The fourth-order valence-electron chi connectivity index (χ4n) is 1.24. The van der Waals surface area contributed by atoms with E-state index in [0.717, 1.165) is 5.56 Å². The largest absolute Gasteiger partial charge is 0.600 e. The summed E-state index contributed by atoms with van der Waals surface area (Å²) in [6.45, 7) is 0. The Balaban J connectivity index is 2.62. The van der Waals surface area contributed by atoms with E-state index in [0.29, 0.717) is 10.7 Å². The Labute approximate surface area is 75.0 Å². The second kappa shape index (κ2) is 2.29. The molecule has 4 heteroatoms. The number of quaternary nitrogens is 1. The number of hydrogen-bond acceptors (Lipinski definition) is 2. The summed E-state index contributed by atoms with van der Waals surface area (Å²) in [7, 11) is 1.48. The van der Waals surface area contributed by atoms with Crippen molar-refractivity contribution in [1.29, 1.82) is 0 Å². The number of nitrogens with zero attached hydrogens (tertiary/aromatic N) is 2. The van der Waals surface area contributed by atoms with Crippen LogP contribution >= 0.6 is 11.6 Å². The van der Waals surface area contributed by atoms with E-state index < -0.39 is 4.76 Å². The van der Waals surface area contributed by atoms with Gasteiger partial charge in [0.25, 0.3) is 0 Å². The lowest BCUT2D eigenvalue weighted by atomic mass is 10.2. The molecule has 3 nitrogen and oxygen atoms in total. The normalized spacial score (nSPS) is 25.9. The minimum absolute atomic E-state index is 0.627. The lowest BCUT2D eigenvalue weighted by Gasteiger charge is -2.27. The fourth-order valence-corrected chi connectivity index (χ4v) is 1.42. The first-order valence-electron chi connectivity index (χ1n) is 3.53. The van der Waals surface area contributed by atoms with Gasteiger partial charge in [0, 0.05) is 11.1 Å². The number of hydroxylamine groups is 1. The van der Waals surface area contributed by atoms with E-state index in [1.165, 1.54) is 7.05 Å². The number of benzene rings is 1. The maximum Gasteiger partial charge on any atom is 0.168 e. The smallest absolute Gasteiger partial charge is 0.168 e. The van der Waals surface area contributed by atoms with Crippen molar-refractivity contribution in [2.75, 3.05) is 7.05 Å². The number of fused-ring (bicyclic) bond motifs is 1. The van der Waals surface area contributed by atoms with Gasteiger partial charge in [0.2, 0.25) is 0 Å². The van der Waals surface area contributed by atoms with Crippen molar-refractivity contribution >= 4 is 23.5 Å². The van der Waals surface area contributed by atoms with Gasteiger partial charge in [-0.25, -0.2) is 4.76 Å². The predicted molar refractivity (Wildman–Crippen MR) is 50.1 cm³/mol. The summed E-state index contributed by atoms with van der Waals surface area (Å²) in [6.07, 6.45) is 1.55. The molecule has 1 aliphatic rings. The molecule has 0 aromatic heterocycles. The van der Waals surface area contributed by atoms with Gasteiger partial charge in [-0.2, -0.15) is 0 Å². The Bertz CT molecular complexity index is 360. The summed E-state index contributed by atoms with van der Waals surface area (Å²) in [5.74, 6) is 0. The van der Waals surface area contributed by atoms with Crippen molar-refractivity contribution in [1.82, 2.24) is 4.76 Å². The quantitative estimate of drug-likeness (QED) is 0.447. The first kappa shape index (κ1) is 7.73. The molecule has 0 amide bonds. The molecular weight excluding hydrogens is 176 g/mol. The van der Waals surface area contributed by atoms with Gasteiger partial charge in [0.05, 0.1) is 18.8 Å². The van der Waals surface area contributed by atoms with E-state index in [-0.39, 0.29) is 0 Å². The standard InChI is InChI=1S/C8H7ClN2O/c1-11(12)8-3-2-7(9)4-6(8)5-10-11/h2-5H,1H3. The number of halogens is 1. The van der Waals surface area contributed by atoms with Crippen LogP contribution in [0.1, 0.15) is 5.56 Å². The molecule has 0 bridgehead atoms. The Morgan fingerprint density at radius 1 is 1.50 bits per heavy atom. The lowest BCUT2D eigenvalue weighted by molar-refractivity contribution is 0.488. The SMILES string of the molecule is C[N+]1([O-])N=Cc2cc(Cl)ccc21. The molecule has 0 saturated carbocycles. The summed E-state index contributed by atoms with van der Waals surface area (Å²) in [5, 5.41) is 15.9. The third-order valence-electron chi connectivity index (χ3n) is 1.85. The van der Waals surface area contributed by atoms with Crippen LogP contribution in [0.2, 0.25) is 5.02 Å². The average molecular weight is 183 g/mol. The molecule has 0 radical (unpaired) electrons. The summed E-state index contributed by atoms with van der Waals surface area (Å²) in [6, 6.07) is 5.14. The summed E-state index contributed by atoms with van der Waals surface area (Å²) < 4.78 is -0.688. The molecule has 0 aliphatic carbocycles. The summed E-state index contributed by atoms with van der Waals surface area (Å²) >= 11 is 5.75. The lowest BCUT2D eigenvalue weighted by Crippen LogP contribution is -2.28. The number of hydrogen-bond donors (Lipinski definition) is 0. The van der Waals surface area contributed by atoms with Crippen molar-refractivity contribution < 1.29 is 0 Å². The summed E-state index contributed by atoms with van der Waals surface area (Å²) in [5.41, 5.74) is 1.44. The highest BCUT2D eigenvalue weighted by atomic mass is 35.5. The predicted octanol–water partition coefficient (Wildman–Crippen LogP) is 2.12. The first-order chi connectivity index (χ1) is 5.59. The first-order valence-corrected chi connectivity index (χ1v) is 3.91. The molecular formula is C8H7ClN2O. The molecule has 0 saturated heterocycles. The van der Waals surface area contributed by atoms with Crippen LogP contribution in [-0.4, -0.2) is 13.3 Å². The van der Waals surface area contributed by atoms with E-state index in [1.807, 2.05) is 0 Å². The van der Waals surface area contributed by atoms with Crippen molar-refractivity contribution in [2.45, 2.75) is 0 Å². The minimum atomic E-state index is -0.688. The Morgan fingerprint density at radius 3 is 3.00 bits per heavy atom. The molecule has 1 atom stereocenters. The zero-order valence-corrected chi connectivity index (χ0v) is 7.25. The summed E-state index contributed by atoms with van der Waals surface area (Å²) in [4.78, 5) is 0. The third kappa shape index (κ3) is 1.03. The third-order valence-corrected chi connectivity index (χ3v) is 2.09. The van der Waals surface area contributed by atoms with Crippen molar-refractivity contribution in [3.05, 3.63) is 34.0 Å². The van der Waals surface area contributed by atoms with Gasteiger partial charge in [0.1, 0.15) is 0 Å². The van der Waals surface area contributed by atoms with Gasteiger partial charge < -0.3 is 5.21 Å². The van der Waals surface area contributed by atoms with Crippen LogP contribution in [0, 0.1) is 5.21 Å². The monoisotopic (exact) mass is 182 g/mol. The molecule has 12 heavy (non-hydrogen) atoms. The van der Waals surface area contributed by atoms with Gasteiger partial charge >= 0.3 is 0 Å². The van der Waals surface area contributed by atoms with Crippen molar-refractivity contribution in [3.63, 3.8) is 0 Å². The molecule has 1 heterocycles. The van der Waals surface area contributed by atoms with Crippen molar-refractivity contribution in [3.8, 4) is 0 Å². The molecule has 1 unspecified atom stereocenters. The van der Waals surface area contributed by atoms with Gasteiger partial charge in [0.15, 0.2) is 5.69 Å². The van der Waals surface area contributed by atoms with Gasteiger partial charge in [-0.15, -0.1) is 0 Å². The Hall–Kier alpha value is -0.900. The zero-order chi connectivity index (χ0) is 8.77. The zero-order valence-electron chi connectivity index (χ0n) is 6.49. The van der Waals surface area contributed by atoms with Crippen LogP contribution in [0.4, 0.5) is 5.69 Å². The molecule has 0 spiro atoms. The van der Waals surface area contributed by atoms with Gasteiger partial charge in [-0.1, -0.05) is 16.7 Å². The highest BCUT2D eigenvalue weighted by molar-refractivity contribution is 6.31. The fraction of sp³-hybridized carbons (Fsp3) is 0.125. The molecule has 1 aromatic rings. The molecule has 2 rings (SSSR count). The Morgan fingerprint density at radius 2 is 2.25 bits per heavy atom. The van der Waals surface area contributed by atoms with E-state index in [9.17, 15) is 5.21 Å². The molecule has 1 aromatic carbocycles. The van der Waals surface area contributed by atoms with E-state index in [2.05, 4.69) is 5.10 Å². The van der Waals surface area contributed by atoms with Crippen LogP contribution < -0.4 is 4.76 Å².